The van der Waals surface area contributed by atoms with Crippen LogP contribution in [0.25, 0.3) is 0 Å². The van der Waals surface area contributed by atoms with Crippen molar-refractivity contribution in [3.8, 4) is 0 Å². The third-order valence-corrected chi connectivity index (χ3v) is 6.14. The quantitative estimate of drug-likeness (QED) is 0.573. The van der Waals surface area contributed by atoms with Gasteiger partial charge < -0.3 is 11.1 Å². The van der Waals surface area contributed by atoms with Gasteiger partial charge in [0, 0.05) is 5.02 Å². The first-order valence-corrected chi connectivity index (χ1v) is 9.57. The molecule has 0 spiro atoms. The molecule has 3 nitrogen and oxygen atoms in total. The average Bonchev–Trinajstić information content (AvgIpc) is 3.23. The predicted molar refractivity (Wildman–Crippen MR) is 107 cm³/mol. The van der Waals surface area contributed by atoms with Gasteiger partial charge in [0.15, 0.2) is 0 Å². The molecule has 26 heavy (non-hydrogen) atoms. The fourth-order valence-electron chi connectivity index (χ4n) is 4.70. The molecule has 2 fully saturated rings. The van der Waals surface area contributed by atoms with Crippen molar-refractivity contribution in [1.82, 2.24) is 0 Å². The van der Waals surface area contributed by atoms with E-state index in [9.17, 15) is 4.79 Å². The molecule has 4 heteroatoms. The normalized spacial score (nSPS) is 27.1. The SMILES string of the molecule is Nc1cc(Cl)ccc1NC(=O)/C=C\C1CC2CC1CC2c1ccccc1. The molecule has 0 aromatic heterocycles. The lowest BCUT2D eigenvalue weighted by atomic mass is 9.78. The van der Waals surface area contributed by atoms with Gasteiger partial charge in [-0.05, 0) is 72.8 Å². The number of amides is 1. The lowest BCUT2D eigenvalue weighted by Gasteiger charge is -2.26. The summed E-state index contributed by atoms with van der Waals surface area (Å²) < 4.78 is 0. The first-order valence-electron chi connectivity index (χ1n) is 9.19. The van der Waals surface area contributed by atoms with E-state index in [0.29, 0.717) is 34.2 Å². The Kier molecular flexibility index (Phi) is 4.73. The lowest BCUT2D eigenvalue weighted by molar-refractivity contribution is -0.111. The van der Waals surface area contributed by atoms with E-state index in [1.807, 2.05) is 0 Å². The number of carbonyl (C=O) groups is 1. The molecule has 0 heterocycles. The smallest absolute Gasteiger partial charge is 0.248 e. The maximum absolute atomic E-state index is 12.2. The van der Waals surface area contributed by atoms with Crippen LogP contribution in [-0.2, 0) is 4.79 Å². The Morgan fingerprint density at radius 1 is 1.08 bits per heavy atom. The van der Waals surface area contributed by atoms with E-state index in [-0.39, 0.29) is 5.91 Å². The summed E-state index contributed by atoms with van der Waals surface area (Å²) in [5, 5.41) is 3.39. The van der Waals surface area contributed by atoms with Gasteiger partial charge in [-0.15, -0.1) is 0 Å². The van der Waals surface area contributed by atoms with Gasteiger partial charge in [-0.3, -0.25) is 4.79 Å². The van der Waals surface area contributed by atoms with E-state index >= 15 is 0 Å². The number of halogens is 1. The van der Waals surface area contributed by atoms with E-state index in [0.717, 1.165) is 5.92 Å². The highest BCUT2D eigenvalue weighted by molar-refractivity contribution is 6.31. The molecule has 2 saturated carbocycles. The first-order chi connectivity index (χ1) is 12.6. The summed E-state index contributed by atoms with van der Waals surface area (Å²) in [7, 11) is 0. The zero-order valence-electron chi connectivity index (χ0n) is 14.6. The first kappa shape index (κ1) is 17.2. The van der Waals surface area contributed by atoms with Crippen molar-refractivity contribution in [3.05, 3.63) is 71.3 Å². The average molecular weight is 367 g/mol. The maximum atomic E-state index is 12.2. The van der Waals surface area contributed by atoms with Gasteiger partial charge in [0.2, 0.25) is 5.91 Å². The second kappa shape index (κ2) is 7.16. The standard InChI is InChI=1S/C22H23ClN2O/c23-18-7-8-21(20(24)13-18)25-22(26)9-6-15-10-17-11-16(15)12-19(17)14-4-2-1-3-5-14/h1-9,13,15-17,19H,10-12,24H2,(H,25,26)/b9-6-. The molecule has 0 aliphatic heterocycles. The summed E-state index contributed by atoms with van der Waals surface area (Å²) in [6.45, 7) is 0. The van der Waals surface area contributed by atoms with Crippen LogP contribution in [-0.4, -0.2) is 5.91 Å². The highest BCUT2D eigenvalue weighted by Gasteiger charge is 2.45. The van der Waals surface area contributed by atoms with Crippen LogP contribution in [0.15, 0.2) is 60.7 Å². The third-order valence-electron chi connectivity index (χ3n) is 5.91. The lowest BCUT2D eigenvalue weighted by Crippen LogP contribution is -2.16. The van der Waals surface area contributed by atoms with Crippen LogP contribution in [0.5, 0.6) is 0 Å². The van der Waals surface area contributed by atoms with Crippen LogP contribution in [0.1, 0.15) is 30.7 Å². The molecule has 4 atom stereocenters. The molecule has 2 aromatic carbocycles. The van der Waals surface area contributed by atoms with Crippen molar-refractivity contribution in [2.24, 2.45) is 17.8 Å². The van der Waals surface area contributed by atoms with Crippen molar-refractivity contribution in [2.45, 2.75) is 25.2 Å². The summed E-state index contributed by atoms with van der Waals surface area (Å²) in [5.74, 6) is 2.49. The number of fused-ring (bicyclic) bond motifs is 2. The number of allylic oxidation sites excluding steroid dienone is 1. The Hall–Kier alpha value is -2.26. The summed E-state index contributed by atoms with van der Waals surface area (Å²) in [4.78, 5) is 12.2. The van der Waals surface area contributed by atoms with Gasteiger partial charge in [-0.1, -0.05) is 48.0 Å². The second-order valence-electron chi connectivity index (χ2n) is 7.49. The Morgan fingerprint density at radius 3 is 2.58 bits per heavy atom. The number of nitrogen functional groups attached to an aromatic ring is 1. The minimum absolute atomic E-state index is 0.138. The maximum Gasteiger partial charge on any atom is 0.248 e. The molecule has 4 rings (SSSR count). The van der Waals surface area contributed by atoms with Gasteiger partial charge in [0.1, 0.15) is 0 Å². The van der Waals surface area contributed by atoms with Gasteiger partial charge in [-0.2, -0.15) is 0 Å². The highest BCUT2D eigenvalue weighted by Crippen LogP contribution is 2.56. The number of benzene rings is 2. The Labute approximate surface area is 159 Å². The molecule has 4 unspecified atom stereocenters. The number of nitrogens with two attached hydrogens (primary N) is 1. The van der Waals surface area contributed by atoms with E-state index in [1.54, 1.807) is 24.3 Å². The second-order valence-corrected chi connectivity index (χ2v) is 7.92. The number of hydrogen-bond acceptors (Lipinski definition) is 2. The predicted octanol–water partition coefficient (Wildman–Crippen LogP) is 5.25. The summed E-state index contributed by atoms with van der Waals surface area (Å²) in [5.41, 5.74) is 8.43. The number of anilines is 2. The van der Waals surface area contributed by atoms with E-state index < -0.39 is 0 Å². The van der Waals surface area contributed by atoms with Crippen LogP contribution in [0.3, 0.4) is 0 Å². The van der Waals surface area contributed by atoms with Gasteiger partial charge in [-0.25, -0.2) is 0 Å². The Balaban J connectivity index is 1.35. The molecular weight excluding hydrogens is 344 g/mol. The fourth-order valence-corrected chi connectivity index (χ4v) is 4.88. The van der Waals surface area contributed by atoms with E-state index in [4.69, 9.17) is 17.3 Å². The van der Waals surface area contributed by atoms with Gasteiger partial charge in [0.25, 0.3) is 0 Å². The number of carbonyl (C=O) groups excluding carboxylic acids is 1. The highest BCUT2D eigenvalue weighted by atomic mass is 35.5. The van der Waals surface area contributed by atoms with Crippen molar-refractivity contribution in [1.29, 1.82) is 0 Å². The fraction of sp³-hybridized carbons (Fsp3) is 0.318. The van der Waals surface area contributed by atoms with Gasteiger partial charge >= 0.3 is 0 Å². The van der Waals surface area contributed by atoms with Crippen molar-refractivity contribution in [3.63, 3.8) is 0 Å². The zero-order chi connectivity index (χ0) is 18.1. The minimum atomic E-state index is -0.138. The zero-order valence-corrected chi connectivity index (χ0v) is 15.3. The molecule has 1 amide bonds. The van der Waals surface area contributed by atoms with Crippen LogP contribution >= 0.6 is 11.6 Å². The van der Waals surface area contributed by atoms with Crippen LogP contribution in [0.4, 0.5) is 11.4 Å². The largest absolute Gasteiger partial charge is 0.397 e. The molecule has 0 saturated heterocycles. The topological polar surface area (TPSA) is 55.1 Å². The van der Waals surface area contributed by atoms with E-state index in [1.165, 1.54) is 24.8 Å². The monoisotopic (exact) mass is 366 g/mol. The minimum Gasteiger partial charge on any atom is -0.397 e. The Morgan fingerprint density at radius 2 is 1.88 bits per heavy atom. The van der Waals surface area contributed by atoms with Crippen LogP contribution in [0.2, 0.25) is 5.02 Å². The summed E-state index contributed by atoms with van der Waals surface area (Å²) in [6, 6.07) is 15.9. The number of rotatable bonds is 4. The molecule has 2 aliphatic rings. The summed E-state index contributed by atoms with van der Waals surface area (Å²) in [6.07, 6.45) is 7.44. The molecular formula is C22H23ClN2O. The van der Waals surface area contributed by atoms with Crippen LogP contribution < -0.4 is 11.1 Å². The molecule has 2 aromatic rings. The van der Waals surface area contributed by atoms with Gasteiger partial charge in [0.05, 0.1) is 11.4 Å². The summed E-state index contributed by atoms with van der Waals surface area (Å²) >= 11 is 5.89. The van der Waals surface area contributed by atoms with Crippen molar-refractivity contribution >= 4 is 28.9 Å². The van der Waals surface area contributed by atoms with Crippen LogP contribution in [0, 0.1) is 17.8 Å². The number of hydrogen-bond donors (Lipinski definition) is 2. The van der Waals surface area contributed by atoms with E-state index in [2.05, 4.69) is 41.7 Å². The van der Waals surface area contributed by atoms with Crippen molar-refractivity contribution in [2.75, 3.05) is 11.1 Å². The molecule has 0 radical (unpaired) electrons. The molecule has 134 valence electrons. The molecule has 2 aliphatic carbocycles. The molecule has 2 bridgehead atoms. The Bertz CT molecular complexity index is 833. The van der Waals surface area contributed by atoms with Crippen molar-refractivity contribution < 1.29 is 4.79 Å². The molecule has 3 N–H and O–H groups in total. The number of nitrogens with one attached hydrogen (secondary N) is 1. The third kappa shape index (κ3) is 3.49.